The highest BCUT2D eigenvalue weighted by Crippen LogP contribution is 2.28. The zero-order chi connectivity index (χ0) is 14.8. The van der Waals surface area contributed by atoms with Crippen molar-refractivity contribution in [3.05, 3.63) is 28.8 Å². The van der Waals surface area contributed by atoms with Crippen LogP contribution in [0.1, 0.15) is 31.2 Å². The number of hydrogen-bond donors (Lipinski definition) is 2. The van der Waals surface area contributed by atoms with Gasteiger partial charge in [0.1, 0.15) is 0 Å². The molecular weight excluding hydrogens is 331 g/mol. The summed E-state index contributed by atoms with van der Waals surface area (Å²) < 4.78 is 27.5. The van der Waals surface area contributed by atoms with E-state index in [1.54, 1.807) is 12.1 Å². The van der Waals surface area contributed by atoms with E-state index in [0.717, 1.165) is 31.2 Å². The second kappa shape index (κ2) is 7.79. The third-order valence-electron chi connectivity index (χ3n) is 3.98. The van der Waals surface area contributed by atoms with E-state index >= 15 is 0 Å². The Bertz CT molecular complexity index is 572. The minimum atomic E-state index is -3.56. The van der Waals surface area contributed by atoms with Crippen LogP contribution in [0.25, 0.3) is 0 Å². The van der Waals surface area contributed by atoms with Gasteiger partial charge < -0.3 is 5.73 Å². The Morgan fingerprint density at radius 3 is 2.52 bits per heavy atom. The van der Waals surface area contributed by atoms with Gasteiger partial charge in [-0.3, -0.25) is 0 Å². The van der Waals surface area contributed by atoms with E-state index in [-0.39, 0.29) is 23.3 Å². The molecule has 0 saturated heterocycles. The maximum Gasteiger partial charge on any atom is 0.240 e. The number of benzene rings is 1. The SMILES string of the molecule is Cc1ccc(S(=O)(=O)NC(CN)C2CCCC2)cc1Cl.Cl. The second-order valence-electron chi connectivity index (χ2n) is 5.42. The molecule has 120 valence electrons. The van der Waals surface area contributed by atoms with Gasteiger partial charge in [-0.15, -0.1) is 12.4 Å². The van der Waals surface area contributed by atoms with Crippen LogP contribution in [0.3, 0.4) is 0 Å². The maximum absolute atomic E-state index is 12.4. The van der Waals surface area contributed by atoms with Gasteiger partial charge in [-0.25, -0.2) is 13.1 Å². The Kier molecular flexibility index (Phi) is 6.94. The molecule has 0 aromatic heterocycles. The largest absolute Gasteiger partial charge is 0.329 e. The molecule has 1 saturated carbocycles. The fraction of sp³-hybridized carbons (Fsp3) is 0.571. The van der Waals surface area contributed by atoms with E-state index in [1.807, 2.05) is 6.92 Å². The quantitative estimate of drug-likeness (QED) is 0.855. The lowest BCUT2D eigenvalue weighted by Crippen LogP contribution is -2.44. The van der Waals surface area contributed by atoms with Crippen LogP contribution in [0.4, 0.5) is 0 Å². The molecule has 0 aliphatic heterocycles. The Morgan fingerprint density at radius 2 is 2.00 bits per heavy atom. The summed E-state index contributed by atoms with van der Waals surface area (Å²) >= 11 is 6.00. The highest BCUT2D eigenvalue weighted by atomic mass is 35.5. The fourth-order valence-electron chi connectivity index (χ4n) is 2.70. The van der Waals surface area contributed by atoms with Gasteiger partial charge in [-0.2, -0.15) is 0 Å². The van der Waals surface area contributed by atoms with Crippen LogP contribution < -0.4 is 10.5 Å². The van der Waals surface area contributed by atoms with Crippen molar-refractivity contribution < 1.29 is 8.42 Å². The summed E-state index contributed by atoms with van der Waals surface area (Å²) in [6, 6.07) is 4.58. The van der Waals surface area contributed by atoms with Gasteiger partial charge in [0.25, 0.3) is 0 Å². The van der Waals surface area contributed by atoms with E-state index < -0.39 is 10.0 Å². The number of halogens is 2. The van der Waals surface area contributed by atoms with Crippen molar-refractivity contribution in [2.45, 2.75) is 43.5 Å². The van der Waals surface area contributed by atoms with Crippen LogP contribution >= 0.6 is 24.0 Å². The number of rotatable bonds is 5. The molecule has 0 spiro atoms. The lowest BCUT2D eigenvalue weighted by atomic mass is 9.99. The lowest BCUT2D eigenvalue weighted by molar-refractivity contribution is 0.405. The molecule has 7 heteroatoms. The summed E-state index contributed by atoms with van der Waals surface area (Å²) in [5, 5.41) is 0.457. The molecule has 21 heavy (non-hydrogen) atoms. The topological polar surface area (TPSA) is 72.2 Å². The van der Waals surface area contributed by atoms with Crippen molar-refractivity contribution in [1.29, 1.82) is 0 Å². The third-order valence-corrected chi connectivity index (χ3v) is 5.88. The standard InChI is InChI=1S/C14H21ClN2O2S.ClH/c1-10-6-7-12(8-13(10)15)20(18,19)17-14(9-16)11-4-2-3-5-11;/h6-8,11,14,17H,2-5,9,16H2,1H3;1H. The predicted molar refractivity (Wildman–Crippen MR) is 88.6 cm³/mol. The van der Waals surface area contributed by atoms with E-state index in [1.165, 1.54) is 6.07 Å². The molecule has 0 bridgehead atoms. The first-order chi connectivity index (χ1) is 9.44. The number of nitrogens with one attached hydrogen (secondary N) is 1. The number of hydrogen-bond acceptors (Lipinski definition) is 3. The molecule has 1 fully saturated rings. The molecule has 1 aromatic carbocycles. The first-order valence-corrected chi connectivity index (χ1v) is 8.78. The highest BCUT2D eigenvalue weighted by molar-refractivity contribution is 7.89. The minimum absolute atomic E-state index is 0. The molecule has 1 unspecified atom stereocenters. The van der Waals surface area contributed by atoms with Gasteiger partial charge in [0.05, 0.1) is 4.90 Å². The maximum atomic E-state index is 12.4. The van der Waals surface area contributed by atoms with Crippen LogP contribution in [-0.2, 0) is 10.0 Å². The molecule has 1 atom stereocenters. The molecule has 2 rings (SSSR count). The molecule has 0 heterocycles. The normalized spacial score (nSPS) is 17.5. The first-order valence-electron chi connectivity index (χ1n) is 6.92. The Balaban J connectivity index is 0.00000220. The van der Waals surface area contributed by atoms with Gasteiger partial charge in [-0.1, -0.05) is 30.5 Å². The van der Waals surface area contributed by atoms with Crippen LogP contribution in [-0.4, -0.2) is 21.0 Å². The van der Waals surface area contributed by atoms with Gasteiger partial charge >= 0.3 is 0 Å². The summed E-state index contributed by atoms with van der Waals surface area (Å²) in [4.78, 5) is 0.199. The van der Waals surface area contributed by atoms with Crippen LogP contribution in [0.5, 0.6) is 0 Å². The molecule has 0 radical (unpaired) electrons. The fourth-order valence-corrected chi connectivity index (χ4v) is 4.29. The zero-order valence-electron chi connectivity index (χ0n) is 12.0. The molecule has 1 aromatic rings. The average molecular weight is 353 g/mol. The van der Waals surface area contributed by atoms with Gasteiger partial charge in [0.2, 0.25) is 10.0 Å². The van der Waals surface area contributed by atoms with Crippen molar-refractivity contribution in [2.75, 3.05) is 6.54 Å². The van der Waals surface area contributed by atoms with Crippen LogP contribution in [0.2, 0.25) is 5.02 Å². The molecular formula is C14H22Cl2N2O2S. The first kappa shape index (κ1) is 18.7. The monoisotopic (exact) mass is 352 g/mol. The Labute approximate surface area is 137 Å². The Hall–Kier alpha value is -0.330. The van der Waals surface area contributed by atoms with Crippen LogP contribution in [0.15, 0.2) is 23.1 Å². The summed E-state index contributed by atoms with van der Waals surface area (Å²) in [6.45, 7) is 2.16. The van der Waals surface area contributed by atoms with Gasteiger partial charge in [-0.05, 0) is 43.4 Å². The van der Waals surface area contributed by atoms with Crippen molar-refractivity contribution in [3.8, 4) is 0 Å². The molecule has 4 nitrogen and oxygen atoms in total. The van der Waals surface area contributed by atoms with E-state index in [0.29, 0.717) is 17.5 Å². The third kappa shape index (κ3) is 4.57. The molecule has 3 N–H and O–H groups in total. The van der Waals surface area contributed by atoms with Gasteiger partial charge in [0, 0.05) is 17.6 Å². The predicted octanol–water partition coefficient (Wildman–Crippen LogP) is 2.87. The molecule has 1 aliphatic carbocycles. The summed E-state index contributed by atoms with van der Waals surface area (Å²) in [5.41, 5.74) is 6.60. The van der Waals surface area contributed by atoms with E-state index in [2.05, 4.69) is 4.72 Å². The highest BCUT2D eigenvalue weighted by Gasteiger charge is 2.28. The van der Waals surface area contributed by atoms with Crippen molar-refractivity contribution in [2.24, 2.45) is 11.7 Å². The molecule has 0 amide bonds. The Morgan fingerprint density at radius 1 is 1.38 bits per heavy atom. The summed E-state index contributed by atoms with van der Waals surface area (Å²) in [5.74, 6) is 0.343. The van der Waals surface area contributed by atoms with E-state index in [4.69, 9.17) is 17.3 Å². The van der Waals surface area contributed by atoms with Gasteiger partial charge in [0.15, 0.2) is 0 Å². The summed E-state index contributed by atoms with van der Waals surface area (Å²) in [7, 11) is -3.56. The van der Waals surface area contributed by atoms with E-state index in [9.17, 15) is 8.42 Å². The molecule has 1 aliphatic rings. The van der Waals surface area contributed by atoms with Crippen molar-refractivity contribution in [3.63, 3.8) is 0 Å². The lowest BCUT2D eigenvalue weighted by Gasteiger charge is -2.23. The summed E-state index contributed by atoms with van der Waals surface area (Å²) in [6.07, 6.45) is 4.39. The second-order valence-corrected chi connectivity index (χ2v) is 7.54. The smallest absolute Gasteiger partial charge is 0.240 e. The minimum Gasteiger partial charge on any atom is -0.329 e. The number of aryl methyl sites for hydroxylation is 1. The van der Waals surface area contributed by atoms with Crippen molar-refractivity contribution in [1.82, 2.24) is 4.72 Å². The number of nitrogens with two attached hydrogens (primary N) is 1. The van der Waals surface area contributed by atoms with Crippen molar-refractivity contribution >= 4 is 34.0 Å². The average Bonchev–Trinajstić information content (AvgIpc) is 2.93. The zero-order valence-corrected chi connectivity index (χ0v) is 14.4. The van der Waals surface area contributed by atoms with Crippen LogP contribution in [0, 0.1) is 12.8 Å². The number of sulfonamides is 1.